The van der Waals surface area contributed by atoms with Crippen molar-refractivity contribution in [2.24, 2.45) is 0 Å². The summed E-state index contributed by atoms with van der Waals surface area (Å²) in [7, 11) is 3.06. The van der Waals surface area contributed by atoms with Crippen LogP contribution in [-0.4, -0.2) is 25.4 Å². The zero-order valence-corrected chi connectivity index (χ0v) is 12.6. The Hall–Kier alpha value is -2.89. The first-order valence-electron chi connectivity index (χ1n) is 6.63. The predicted molar refractivity (Wildman–Crippen MR) is 85.0 cm³/mol. The first kappa shape index (κ1) is 15.5. The van der Waals surface area contributed by atoms with E-state index in [4.69, 9.17) is 9.47 Å². The number of carbonyl (C=O) groups is 1. The van der Waals surface area contributed by atoms with Crippen LogP contribution in [0.1, 0.15) is 5.56 Å². The molecule has 0 atom stereocenters. The Morgan fingerprint density at radius 3 is 2.36 bits per heavy atom. The van der Waals surface area contributed by atoms with Gasteiger partial charge in [-0.3, -0.25) is 0 Å². The van der Waals surface area contributed by atoms with Crippen molar-refractivity contribution in [3.63, 3.8) is 0 Å². The van der Waals surface area contributed by atoms with Crippen LogP contribution in [0, 0.1) is 6.92 Å². The van der Waals surface area contributed by atoms with Gasteiger partial charge in [0.2, 0.25) is 0 Å². The van der Waals surface area contributed by atoms with E-state index in [0.29, 0.717) is 22.9 Å². The maximum absolute atomic E-state index is 12.0. The molecule has 6 heteroatoms. The molecule has 0 saturated heterocycles. The molecule has 0 bridgehead atoms. The lowest BCUT2D eigenvalue weighted by atomic mass is 10.2. The van der Waals surface area contributed by atoms with Gasteiger partial charge in [-0.05, 0) is 36.8 Å². The van der Waals surface area contributed by atoms with Crippen LogP contribution in [0.4, 0.5) is 16.2 Å². The van der Waals surface area contributed by atoms with E-state index in [2.05, 4.69) is 10.6 Å². The van der Waals surface area contributed by atoms with E-state index in [-0.39, 0.29) is 5.75 Å². The highest BCUT2D eigenvalue weighted by atomic mass is 16.5. The molecular formula is C16H18N2O4. The van der Waals surface area contributed by atoms with E-state index in [1.165, 1.54) is 14.2 Å². The highest BCUT2D eigenvalue weighted by Crippen LogP contribution is 2.30. The number of aryl methyl sites for hydroxylation is 1. The molecule has 2 rings (SSSR count). The normalized spacial score (nSPS) is 9.95. The Balaban J connectivity index is 2.08. The molecule has 22 heavy (non-hydrogen) atoms. The number of hydrogen-bond acceptors (Lipinski definition) is 4. The minimum Gasteiger partial charge on any atom is -0.506 e. The fraction of sp³-hybridized carbons (Fsp3) is 0.188. The lowest BCUT2D eigenvalue weighted by Gasteiger charge is -2.12. The number of amides is 2. The second-order valence-electron chi connectivity index (χ2n) is 4.67. The summed E-state index contributed by atoms with van der Waals surface area (Å²) in [5.41, 5.74) is 1.79. The van der Waals surface area contributed by atoms with Gasteiger partial charge in [0.25, 0.3) is 0 Å². The van der Waals surface area contributed by atoms with Gasteiger partial charge in [0.05, 0.1) is 19.9 Å². The van der Waals surface area contributed by atoms with Crippen LogP contribution in [0.2, 0.25) is 0 Å². The van der Waals surface area contributed by atoms with Crippen molar-refractivity contribution in [3.05, 3.63) is 42.0 Å². The fourth-order valence-electron chi connectivity index (χ4n) is 1.95. The van der Waals surface area contributed by atoms with Gasteiger partial charge in [-0.1, -0.05) is 6.07 Å². The van der Waals surface area contributed by atoms with Gasteiger partial charge in [0, 0.05) is 11.8 Å². The molecule has 0 unspecified atom stereocenters. The van der Waals surface area contributed by atoms with Gasteiger partial charge in [0.15, 0.2) is 11.5 Å². The number of rotatable bonds is 4. The number of anilines is 2. The number of methoxy groups -OCH3 is 2. The number of nitrogens with one attached hydrogen (secondary N) is 2. The summed E-state index contributed by atoms with van der Waals surface area (Å²) >= 11 is 0. The van der Waals surface area contributed by atoms with Crippen molar-refractivity contribution in [3.8, 4) is 17.2 Å². The summed E-state index contributed by atoms with van der Waals surface area (Å²) in [5.74, 6) is 1.10. The molecular weight excluding hydrogens is 284 g/mol. The summed E-state index contributed by atoms with van der Waals surface area (Å²) in [5, 5.41) is 15.0. The van der Waals surface area contributed by atoms with Crippen molar-refractivity contribution in [2.45, 2.75) is 6.92 Å². The van der Waals surface area contributed by atoms with Crippen molar-refractivity contribution in [1.82, 2.24) is 0 Å². The molecule has 0 heterocycles. The summed E-state index contributed by atoms with van der Waals surface area (Å²) in [4.78, 5) is 12.0. The van der Waals surface area contributed by atoms with Crippen molar-refractivity contribution < 1.29 is 19.4 Å². The Kier molecular flexibility index (Phi) is 4.73. The van der Waals surface area contributed by atoms with Crippen LogP contribution < -0.4 is 20.1 Å². The number of aromatic hydroxyl groups is 1. The largest absolute Gasteiger partial charge is 0.506 e. The highest BCUT2D eigenvalue weighted by molar-refractivity contribution is 6.00. The monoisotopic (exact) mass is 302 g/mol. The number of ether oxygens (including phenoxy) is 2. The molecule has 116 valence electrons. The van der Waals surface area contributed by atoms with Crippen molar-refractivity contribution in [2.75, 3.05) is 24.9 Å². The van der Waals surface area contributed by atoms with Crippen molar-refractivity contribution in [1.29, 1.82) is 0 Å². The number of urea groups is 1. The number of hydrogen-bond donors (Lipinski definition) is 3. The average molecular weight is 302 g/mol. The van der Waals surface area contributed by atoms with Crippen LogP contribution in [-0.2, 0) is 0 Å². The molecule has 0 aliphatic carbocycles. The fourth-order valence-corrected chi connectivity index (χ4v) is 1.95. The Morgan fingerprint density at radius 2 is 1.73 bits per heavy atom. The molecule has 0 radical (unpaired) electrons. The average Bonchev–Trinajstić information content (AvgIpc) is 2.50. The predicted octanol–water partition coefficient (Wildman–Crippen LogP) is 3.36. The zero-order valence-electron chi connectivity index (χ0n) is 12.6. The quantitative estimate of drug-likeness (QED) is 0.757. The number of phenols is 1. The molecule has 2 aromatic carbocycles. The molecule has 0 aliphatic heterocycles. The summed E-state index contributed by atoms with van der Waals surface area (Å²) in [6, 6.07) is 9.57. The molecule has 2 amide bonds. The molecule has 6 nitrogen and oxygen atoms in total. The third-order valence-corrected chi connectivity index (χ3v) is 3.04. The molecule has 2 aromatic rings. The van der Waals surface area contributed by atoms with Gasteiger partial charge < -0.3 is 25.2 Å². The number of benzene rings is 2. The molecule has 0 aliphatic rings. The van der Waals surface area contributed by atoms with Gasteiger partial charge in [-0.15, -0.1) is 0 Å². The van der Waals surface area contributed by atoms with E-state index in [0.717, 1.165) is 5.56 Å². The second kappa shape index (κ2) is 6.71. The van der Waals surface area contributed by atoms with Crippen LogP contribution in [0.3, 0.4) is 0 Å². The van der Waals surface area contributed by atoms with Gasteiger partial charge in [-0.25, -0.2) is 4.79 Å². The topological polar surface area (TPSA) is 79.8 Å². The third kappa shape index (κ3) is 3.60. The molecule has 0 fully saturated rings. The Bertz CT molecular complexity index is 686. The van der Waals surface area contributed by atoms with Gasteiger partial charge in [0.1, 0.15) is 5.75 Å². The first-order valence-corrected chi connectivity index (χ1v) is 6.63. The van der Waals surface area contributed by atoms with Crippen LogP contribution in [0.25, 0.3) is 0 Å². The number of carbonyl (C=O) groups excluding carboxylic acids is 1. The number of phenolic OH excluding ortho intramolecular Hbond substituents is 1. The Labute approximate surface area is 128 Å². The minimum absolute atomic E-state index is 0.0162. The Morgan fingerprint density at radius 1 is 1.00 bits per heavy atom. The van der Waals surface area contributed by atoms with E-state index >= 15 is 0 Å². The minimum atomic E-state index is -0.466. The van der Waals surface area contributed by atoms with E-state index < -0.39 is 6.03 Å². The standard InChI is InChI=1S/C16H18N2O4/c1-10-4-6-12(13(19)8-10)18-16(20)17-11-5-7-14(21-2)15(9-11)22-3/h4-9,19H,1-3H3,(H2,17,18,20). The maximum atomic E-state index is 12.0. The third-order valence-electron chi connectivity index (χ3n) is 3.04. The second-order valence-corrected chi connectivity index (χ2v) is 4.67. The zero-order chi connectivity index (χ0) is 16.1. The lowest BCUT2D eigenvalue weighted by Crippen LogP contribution is -2.19. The molecule has 0 saturated carbocycles. The SMILES string of the molecule is COc1ccc(NC(=O)Nc2ccc(C)cc2O)cc1OC. The van der Waals surface area contributed by atoms with E-state index in [1.807, 2.05) is 6.92 Å². The van der Waals surface area contributed by atoms with E-state index in [9.17, 15) is 9.90 Å². The first-order chi connectivity index (χ1) is 10.5. The molecule has 3 N–H and O–H groups in total. The molecule has 0 spiro atoms. The summed E-state index contributed by atoms with van der Waals surface area (Å²) in [6.45, 7) is 1.85. The van der Waals surface area contributed by atoms with Gasteiger partial charge >= 0.3 is 6.03 Å². The molecule has 0 aromatic heterocycles. The highest BCUT2D eigenvalue weighted by Gasteiger charge is 2.09. The van der Waals surface area contributed by atoms with Crippen LogP contribution in [0.5, 0.6) is 17.2 Å². The van der Waals surface area contributed by atoms with Crippen molar-refractivity contribution >= 4 is 17.4 Å². The summed E-state index contributed by atoms with van der Waals surface area (Å²) in [6.07, 6.45) is 0. The lowest BCUT2D eigenvalue weighted by molar-refractivity contribution is 0.262. The van der Waals surface area contributed by atoms with Crippen LogP contribution >= 0.6 is 0 Å². The summed E-state index contributed by atoms with van der Waals surface area (Å²) < 4.78 is 10.3. The maximum Gasteiger partial charge on any atom is 0.323 e. The van der Waals surface area contributed by atoms with E-state index in [1.54, 1.807) is 36.4 Å². The van der Waals surface area contributed by atoms with Crippen LogP contribution in [0.15, 0.2) is 36.4 Å². The van der Waals surface area contributed by atoms with Gasteiger partial charge in [-0.2, -0.15) is 0 Å². The smallest absolute Gasteiger partial charge is 0.323 e.